The third-order valence-electron chi connectivity index (χ3n) is 4.79. The number of carbonyl (C=O) groups is 1. The highest BCUT2D eigenvalue weighted by Gasteiger charge is 2.39. The predicted molar refractivity (Wildman–Crippen MR) is 103 cm³/mol. The first-order valence-corrected chi connectivity index (χ1v) is 10.8. The Morgan fingerprint density at radius 1 is 1.13 bits per heavy atom. The van der Waals surface area contributed by atoms with Crippen LogP contribution in [-0.2, 0) is 21.2 Å². The van der Waals surface area contributed by atoms with Crippen LogP contribution in [0.15, 0.2) is 53.4 Å². The molecule has 0 bridgehead atoms. The van der Waals surface area contributed by atoms with Crippen molar-refractivity contribution in [1.82, 2.24) is 4.90 Å². The van der Waals surface area contributed by atoms with Gasteiger partial charge >= 0.3 is 6.36 Å². The van der Waals surface area contributed by atoms with E-state index < -0.39 is 38.0 Å². The molecule has 0 saturated carbocycles. The number of sulfone groups is 1. The molecule has 168 valence electrons. The van der Waals surface area contributed by atoms with Gasteiger partial charge in [0.15, 0.2) is 16.4 Å². The largest absolute Gasteiger partial charge is 0.573 e. The molecule has 2 aromatic carbocycles. The van der Waals surface area contributed by atoms with E-state index in [4.69, 9.17) is 9.84 Å². The maximum Gasteiger partial charge on any atom is 0.573 e. The SMILES string of the molecule is O=C(COc1ccc(CO)cc1)N1CCC(S(=O)(=O)c2ccccc2OC(F)(F)F)C1. The Morgan fingerprint density at radius 2 is 1.81 bits per heavy atom. The fourth-order valence-corrected chi connectivity index (χ4v) is 5.02. The molecule has 11 heteroatoms. The second-order valence-corrected chi connectivity index (χ2v) is 9.08. The minimum atomic E-state index is -5.03. The first-order chi connectivity index (χ1) is 14.6. The van der Waals surface area contributed by atoms with Crippen LogP contribution in [-0.4, -0.2) is 55.6 Å². The van der Waals surface area contributed by atoms with Gasteiger partial charge in [0.05, 0.1) is 11.9 Å². The fraction of sp³-hybridized carbons (Fsp3) is 0.350. The lowest BCUT2D eigenvalue weighted by Gasteiger charge is -2.18. The molecule has 1 heterocycles. The molecular weight excluding hydrogens is 439 g/mol. The van der Waals surface area contributed by atoms with Crippen molar-refractivity contribution in [2.75, 3.05) is 19.7 Å². The Labute approximate surface area is 176 Å². The number of nitrogens with zero attached hydrogens (tertiary/aromatic N) is 1. The summed E-state index contributed by atoms with van der Waals surface area (Å²) in [5, 5.41) is 7.96. The van der Waals surface area contributed by atoms with Crippen molar-refractivity contribution >= 4 is 15.7 Å². The maximum atomic E-state index is 12.9. The van der Waals surface area contributed by atoms with Gasteiger partial charge in [-0.25, -0.2) is 8.42 Å². The van der Waals surface area contributed by atoms with Gasteiger partial charge in [0.25, 0.3) is 5.91 Å². The Kier molecular flexibility index (Phi) is 6.75. The van der Waals surface area contributed by atoms with E-state index in [1.807, 2.05) is 0 Å². The highest BCUT2D eigenvalue weighted by Crippen LogP contribution is 2.33. The molecule has 3 rings (SSSR count). The Balaban J connectivity index is 1.65. The third kappa shape index (κ3) is 5.67. The van der Waals surface area contributed by atoms with Crippen LogP contribution in [0.3, 0.4) is 0 Å². The standard InChI is InChI=1S/C20H20F3NO6S/c21-20(22,23)30-17-3-1-2-4-18(17)31(27,28)16-9-10-24(11-16)19(26)13-29-15-7-5-14(12-25)6-8-15/h1-8,16,25H,9-13H2. The van der Waals surface area contributed by atoms with Crippen LogP contribution in [0.2, 0.25) is 0 Å². The molecule has 1 unspecified atom stereocenters. The number of benzene rings is 2. The molecule has 1 aliphatic heterocycles. The van der Waals surface area contributed by atoms with Gasteiger partial charge in [0, 0.05) is 13.1 Å². The van der Waals surface area contributed by atoms with Crippen molar-refractivity contribution in [1.29, 1.82) is 0 Å². The minimum absolute atomic E-state index is 0.0830. The first-order valence-electron chi connectivity index (χ1n) is 9.29. The third-order valence-corrected chi connectivity index (χ3v) is 7.00. The maximum absolute atomic E-state index is 12.9. The number of para-hydroxylation sites is 1. The van der Waals surface area contributed by atoms with Crippen molar-refractivity contribution in [3.63, 3.8) is 0 Å². The molecule has 1 atom stereocenters. The second kappa shape index (κ2) is 9.15. The highest BCUT2D eigenvalue weighted by molar-refractivity contribution is 7.92. The smallest absolute Gasteiger partial charge is 0.484 e. The van der Waals surface area contributed by atoms with Gasteiger partial charge in [-0.15, -0.1) is 13.2 Å². The molecule has 0 aromatic heterocycles. The van der Waals surface area contributed by atoms with Gasteiger partial charge in [-0.05, 0) is 36.2 Å². The zero-order valence-corrected chi connectivity index (χ0v) is 17.0. The molecule has 2 aromatic rings. The fourth-order valence-electron chi connectivity index (χ4n) is 3.21. The molecular formula is C20H20F3NO6S. The molecule has 1 aliphatic rings. The van der Waals surface area contributed by atoms with E-state index in [0.29, 0.717) is 11.3 Å². The number of aliphatic hydroxyl groups excluding tert-OH is 1. The Morgan fingerprint density at radius 3 is 2.45 bits per heavy atom. The molecule has 7 nitrogen and oxygen atoms in total. The highest BCUT2D eigenvalue weighted by atomic mass is 32.2. The summed E-state index contributed by atoms with van der Waals surface area (Å²) in [6.07, 6.45) is -4.95. The molecule has 31 heavy (non-hydrogen) atoms. The van der Waals surface area contributed by atoms with E-state index in [2.05, 4.69) is 4.74 Å². The number of amides is 1. The summed E-state index contributed by atoms with van der Waals surface area (Å²) in [6.45, 7) is -0.467. The van der Waals surface area contributed by atoms with Crippen molar-refractivity contribution < 1.29 is 41.0 Å². The second-order valence-electron chi connectivity index (χ2n) is 6.88. The molecule has 1 amide bonds. The molecule has 0 spiro atoms. The predicted octanol–water partition coefficient (Wildman–Crippen LogP) is 2.53. The number of ether oxygens (including phenoxy) is 2. The van der Waals surface area contributed by atoms with Crippen molar-refractivity contribution in [2.24, 2.45) is 0 Å². The summed E-state index contributed by atoms with van der Waals surface area (Å²) in [5.41, 5.74) is 0.682. The lowest BCUT2D eigenvalue weighted by molar-refractivity contribution is -0.275. The number of rotatable bonds is 7. The number of likely N-dealkylation sites (tertiary alicyclic amines) is 1. The summed E-state index contributed by atoms with van der Waals surface area (Å²) in [7, 11) is -4.17. The zero-order valence-electron chi connectivity index (χ0n) is 16.2. The van der Waals surface area contributed by atoms with Crippen molar-refractivity contribution in [2.45, 2.75) is 29.5 Å². The lowest BCUT2D eigenvalue weighted by Crippen LogP contribution is -2.35. The average Bonchev–Trinajstić information content (AvgIpc) is 3.23. The summed E-state index contributed by atoms with van der Waals surface area (Å²) in [6, 6.07) is 11.0. The number of aliphatic hydroxyl groups is 1. The molecule has 1 N–H and O–H groups in total. The van der Waals surface area contributed by atoms with E-state index in [0.717, 1.165) is 12.1 Å². The van der Waals surface area contributed by atoms with E-state index in [1.165, 1.54) is 17.0 Å². The quantitative estimate of drug-likeness (QED) is 0.684. The van der Waals surface area contributed by atoms with Crippen LogP contribution in [0.4, 0.5) is 13.2 Å². The number of halogens is 3. The number of carbonyl (C=O) groups excluding carboxylic acids is 1. The van der Waals surface area contributed by atoms with Crippen molar-refractivity contribution in [3.8, 4) is 11.5 Å². The Bertz CT molecular complexity index is 1020. The van der Waals surface area contributed by atoms with Crippen LogP contribution >= 0.6 is 0 Å². The lowest BCUT2D eigenvalue weighted by atomic mass is 10.2. The number of alkyl halides is 3. The van der Waals surface area contributed by atoms with Crippen LogP contribution in [0.1, 0.15) is 12.0 Å². The van der Waals surface area contributed by atoms with E-state index in [-0.39, 0.29) is 32.7 Å². The average molecular weight is 459 g/mol. The Hall–Kier alpha value is -2.79. The number of hydrogen-bond acceptors (Lipinski definition) is 6. The summed E-state index contributed by atoms with van der Waals surface area (Å²) < 4.78 is 73.0. The van der Waals surface area contributed by atoms with Crippen LogP contribution in [0, 0.1) is 0 Å². The van der Waals surface area contributed by atoms with Crippen molar-refractivity contribution in [3.05, 3.63) is 54.1 Å². The van der Waals surface area contributed by atoms with Crippen LogP contribution < -0.4 is 9.47 Å². The van der Waals surface area contributed by atoms with Gasteiger partial charge in [-0.3, -0.25) is 4.79 Å². The van der Waals surface area contributed by atoms with Gasteiger partial charge < -0.3 is 19.5 Å². The van der Waals surface area contributed by atoms with E-state index in [9.17, 15) is 26.4 Å². The van der Waals surface area contributed by atoms with E-state index >= 15 is 0 Å². The molecule has 1 saturated heterocycles. The number of hydrogen-bond donors (Lipinski definition) is 1. The van der Waals surface area contributed by atoms with Gasteiger partial charge in [0.1, 0.15) is 16.4 Å². The van der Waals surface area contributed by atoms with Crippen LogP contribution in [0.5, 0.6) is 11.5 Å². The minimum Gasteiger partial charge on any atom is -0.484 e. The summed E-state index contributed by atoms with van der Waals surface area (Å²) in [4.78, 5) is 13.1. The monoisotopic (exact) mass is 459 g/mol. The summed E-state index contributed by atoms with van der Waals surface area (Å²) in [5.74, 6) is -0.828. The molecule has 1 fully saturated rings. The zero-order chi connectivity index (χ0) is 22.6. The van der Waals surface area contributed by atoms with Gasteiger partial charge in [-0.2, -0.15) is 0 Å². The first kappa shape index (κ1) is 22.9. The van der Waals surface area contributed by atoms with Gasteiger partial charge in [-0.1, -0.05) is 24.3 Å². The molecule has 0 radical (unpaired) electrons. The van der Waals surface area contributed by atoms with Gasteiger partial charge in [0.2, 0.25) is 0 Å². The normalized spacial score (nSPS) is 16.9. The van der Waals surface area contributed by atoms with Crippen LogP contribution in [0.25, 0.3) is 0 Å². The van der Waals surface area contributed by atoms with E-state index in [1.54, 1.807) is 24.3 Å². The summed E-state index contributed by atoms with van der Waals surface area (Å²) >= 11 is 0. The molecule has 0 aliphatic carbocycles. The topological polar surface area (TPSA) is 93.1 Å².